The van der Waals surface area contributed by atoms with E-state index >= 15 is 0 Å². The number of hydrogen-bond donors (Lipinski definition) is 2. The lowest BCUT2D eigenvalue weighted by Gasteiger charge is -2.26. The van der Waals surface area contributed by atoms with Gasteiger partial charge in [0.1, 0.15) is 0 Å². The predicted molar refractivity (Wildman–Crippen MR) is 64.1 cm³/mol. The summed E-state index contributed by atoms with van der Waals surface area (Å²) < 4.78 is 2.16. The number of aromatic nitrogens is 2. The van der Waals surface area contributed by atoms with Gasteiger partial charge in [-0.15, -0.1) is 0 Å². The summed E-state index contributed by atoms with van der Waals surface area (Å²) in [5, 5.41) is 13.5. The molecule has 0 saturated carbocycles. The Hall–Kier alpha value is -1.01. The number of hydrogen-bond acceptors (Lipinski definition) is 4. The van der Waals surface area contributed by atoms with Gasteiger partial charge in [0.05, 0.1) is 17.7 Å². The van der Waals surface area contributed by atoms with E-state index in [1.165, 1.54) is 0 Å². The average Bonchev–Trinajstić information content (AvgIpc) is 2.89. The Balaban J connectivity index is 1.76. The number of carboxylic acids is 1. The van der Waals surface area contributed by atoms with E-state index in [0.29, 0.717) is 12.8 Å². The predicted octanol–water partition coefficient (Wildman–Crippen LogP) is 1.11. The van der Waals surface area contributed by atoms with Gasteiger partial charge in [0, 0.05) is 18.5 Å². The van der Waals surface area contributed by atoms with Crippen LogP contribution in [0.1, 0.15) is 24.6 Å². The third-order valence-corrected chi connectivity index (χ3v) is 4.40. The molecule has 2 aliphatic heterocycles. The monoisotopic (exact) mass is 253 g/mol. The van der Waals surface area contributed by atoms with E-state index in [1.54, 1.807) is 11.8 Å². The minimum atomic E-state index is -0.683. The van der Waals surface area contributed by atoms with Crippen LogP contribution in [0, 0.1) is 5.92 Å². The number of carboxylic acid groups (broad SMARTS) is 1. The van der Waals surface area contributed by atoms with Crippen molar-refractivity contribution in [2.75, 3.05) is 12.3 Å². The van der Waals surface area contributed by atoms with Gasteiger partial charge >= 0.3 is 5.97 Å². The summed E-state index contributed by atoms with van der Waals surface area (Å²) in [4.78, 5) is 15.6. The van der Waals surface area contributed by atoms with Crippen LogP contribution in [0.25, 0.3) is 0 Å². The molecule has 2 N–H and O–H groups in total. The van der Waals surface area contributed by atoms with Crippen molar-refractivity contribution < 1.29 is 9.90 Å². The second kappa shape index (κ2) is 4.34. The van der Waals surface area contributed by atoms with Gasteiger partial charge in [-0.05, 0) is 19.4 Å². The molecule has 92 valence electrons. The molecule has 1 saturated heterocycles. The highest BCUT2D eigenvalue weighted by atomic mass is 32.2. The Bertz CT molecular complexity index is 424. The maximum atomic E-state index is 11.0. The van der Waals surface area contributed by atoms with E-state index < -0.39 is 5.97 Å². The van der Waals surface area contributed by atoms with E-state index in [4.69, 9.17) is 5.11 Å². The number of carbonyl (C=O) groups is 1. The molecule has 2 unspecified atom stereocenters. The van der Waals surface area contributed by atoms with Crippen molar-refractivity contribution in [2.24, 2.45) is 5.92 Å². The van der Waals surface area contributed by atoms with E-state index in [1.807, 2.05) is 0 Å². The number of aliphatic carboxylic acids is 1. The third kappa shape index (κ3) is 2.07. The van der Waals surface area contributed by atoms with Crippen molar-refractivity contribution in [2.45, 2.75) is 30.6 Å². The van der Waals surface area contributed by atoms with Gasteiger partial charge in [0.15, 0.2) is 5.16 Å². The molecule has 17 heavy (non-hydrogen) atoms. The van der Waals surface area contributed by atoms with Crippen LogP contribution in [-0.2, 0) is 11.3 Å². The van der Waals surface area contributed by atoms with Crippen molar-refractivity contribution in [3.05, 3.63) is 11.9 Å². The molecular formula is C11H15N3O2S. The molecule has 1 aromatic heterocycles. The zero-order chi connectivity index (χ0) is 11.8. The molecule has 0 radical (unpaired) electrons. The van der Waals surface area contributed by atoms with Crippen LogP contribution in [0.5, 0.6) is 0 Å². The van der Waals surface area contributed by atoms with Gasteiger partial charge in [-0.3, -0.25) is 4.79 Å². The van der Waals surface area contributed by atoms with Crippen LogP contribution < -0.4 is 5.32 Å². The van der Waals surface area contributed by atoms with Crippen LogP contribution in [0.3, 0.4) is 0 Å². The molecule has 0 amide bonds. The summed E-state index contributed by atoms with van der Waals surface area (Å²) in [5.41, 5.74) is 0.998. The minimum absolute atomic E-state index is 0.101. The Morgan fingerprint density at radius 2 is 2.53 bits per heavy atom. The van der Waals surface area contributed by atoms with Gasteiger partial charge in [0.25, 0.3) is 0 Å². The van der Waals surface area contributed by atoms with Crippen molar-refractivity contribution in [3.8, 4) is 0 Å². The smallest absolute Gasteiger partial charge is 0.306 e. The standard InChI is InChI=1S/C11H15N3O2S/c15-10(16)7-1-2-12-8(5-7)9-6-14-3-4-17-11(14)13-9/h6-8,12H,1-5H2,(H,15,16). The molecule has 0 spiro atoms. The highest BCUT2D eigenvalue weighted by Gasteiger charge is 2.29. The summed E-state index contributed by atoms with van der Waals surface area (Å²) in [5.74, 6) is 0.182. The first-order valence-corrected chi connectivity index (χ1v) is 6.88. The SMILES string of the molecule is O=C(O)C1CCNC(c2cn3c(n2)SCC3)C1. The van der Waals surface area contributed by atoms with Crippen molar-refractivity contribution in [1.82, 2.24) is 14.9 Å². The van der Waals surface area contributed by atoms with Crippen LogP contribution in [0.4, 0.5) is 0 Å². The summed E-state index contributed by atoms with van der Waals surface area (Å²) in [6.45, 7) is 1.78. The van der Waals surface area contributed by atoms with Gasteiger partial charge in [-0.25, -0.2) is 4.98 Å². The maximum Gasteiger partial charge on any atom is 0.306 e. The number of nitrogens with one attached hydrogen (secondary N) is 1. The first kappa shape index (κ1) is 11.1. The fourth-order valence-corrected chi connectivity index (χ4v) is 3.41. The summed E-state index contributed by atoms with van der Waals surface area (Å²) >= 11 is 1.77. The van der Waals surface area contributed by atoms with E-state index in [0.717, 1.165) is 29.7 Å². The number of fused-ring (bicyclic) bond motifs is 1. The van der Waals surface area contributed by atoms with Crippen LogP contribution in [0.2, 0.25) is 0 Å². The Morgan fingerprint density at radius 1 is 1.65 bits per heavy atom. The van der Waals surface area contributed by atoms with Crippen LogP contribution in [0.15, 0.2) is 11.4 Å². The Labute approximate surface area is 104 Å². The molecule has 1 fully saturated rings. The number of rotatable bonds is 2. The normalized spacial score (nSPS) is 28.0. The van der Waals surface area contributed by atoms with E-state index in [2.05, 4.69) is 21.1 Å². The second-order valence-electron chi connectivity index (χ2n) is 4.56. The highest BCUT2D eigenvalue weighted by Crippen LogP contribution is 2.31. The quantitative estimate of drug-likeness (QED) is 0.826. The lowest BCUT2D eigenvalue weighted by atomic mass is 9.91. The van der Waals surface area contributed by atoms with Gasteiger partial charge in [0.2, 0.25) is 0 Å². The maximum absolute atomic E-state index is 11.0. The summed E-state index contributed by atoms with van der Waals surface area (Å²) in [7, 11) is 0. The molecule has 0 bridgehead atoms. The molecule has 2 aliphatic rings. The van der Waals surface area contributed by atoms with E-state index in [9.17, 15) is 4.79 Å². The van der Waals surface area contributed by atoms with Crippen molar-refractivity contribution in [1.29, 1.82) is 0 Å². The van der Waals surface area contributed by atoms with Gasteiger partial charge < -0.3 is 15.0 Å². The first-order chi connectivity index (χ1) is 8.24. The largest absolute Gasteiger partial charge is 0.481 e. The topological polar surface area (TPSA) is 67.2 Å². The molecule has 0 aliphatic carbocycles. The lowest BCUT2D eigenvalue weighted by Crippen LogP contribution is -2.35. The molecular weight excluding hydrogens is 238 g/mol. The first-order valence-electron chi connectivity index (χ1n) is 5.90. The third-order valence-electron chi connectivity index (χ3n) is 3.43. The van der Waals surface area contributed by atoms with Crippen molar-refractivity contribution in [3.63, 3.8) is 0 Å². The zero-order valence-electron chi connectivity index (χ0n) is 9.43. The molecule has 1 aromatic rings. The molecule has 2 atom stereocenters. The van der Waals surface area contributed by atoms with Gasteiger partial charge in [-0.1, -0.05) is 11.8 Å². The Morgan fingerprint density at radius 3 is 3.29 bits per heavy atom. The number of aryl methyl sites for hydroxylation is 1. The summed E-state index contributed by atoms with van der Waals surface area (Å²) in [6.07, 6.45) is 3.43. The average molecular weight is 253 g/mol. The van der Waals surface area contributed by atoms with E-state index in [-0.39, 0.29) is 12.0 Å². The summed E-state index contributed by atoms with van der Waals surface area (Å²) in [6, 6.07) is 0.101. The lowest BCUT2D eigenvalue weighted by molar-refractivity contribution is -0.143. The second-order valence-corrected chi connectivity index (χ2v) is 5.62. The fraction of sp³-hybridized carbons (Fsp3) is 0.636. The molecule has 6 heteroatoms. The fourth-order valence-electron chi connectivity index (χ4n) is 2.46. The number of imidazole rings is 1. The number of thioether (sulfide) groups is 1. The number of nitrogens with zero attached hydrogens (tertiary/aromatic N) is 2. The van der Waals surface area contributed by atoms with Gasteiger partial charge in [-0.2, -0.15) is 0 Å². The molecule has 3 heterocycles. The zero-order valence-corrected chi connectivity index (χ0v) is 10.2. The Kier molecular flexibility index (Phi) is 2.84. The number of piperidine rings is 1. The highest BCUT2D eigenvalue weighted by molar-refractivity contribution is 7.99. The van der Waals surface area contributed by atoms with Crippen LogP contribution >= 0.6 is 11.8 Å². The minimum Gasteiger partial charge on any atom is -0.481 e. The molecule has 0 aromatic carbocycles. The molecule has 5 nitrogen and oxygen atoms in total. The van der Waals surface area contributed by atoms with Crippen LogP contribution in [-0.4, -0.2) is 32.9 Å². The molecule has 3 rings (SSSR count). The van der Waals surface area contributed by atoms with Crippen molar-refractivity contribution >= 4 is 17.7 Å².